The molecule has 1 saturated carbocycles. The highest BCUT2D eigenvalue weighted by atomic mass is 35.5. The van der Waals surface area contributed by atoms with E-state index >= 15 is 0 Å². The Bertz CT molecular complexity index is 487. The maximum atomic E-state index is 11.4. The van der Waals surface area contributed by atoms with Crippen LogP contribution in [-0.4, -0.2) is 24.2 Å². The fourth-order valence-electron chi connectivity index (χ4n) is 2.47. The molecule has 1 aromatic carbocycles. The molecule has 1 aliphatic rings. The molecule has 104 valence electrons. The summed E-state index contributed by atoms with van der Waals surface area (Å²) >= 11 is 6.21. The van der Waals surface area contributed by atoms with Crippen LogP contribution in [0.15, 0.2) is 12.1 Å². The van der Waals surface area contributed by atoms with Gasteiger partial charge in [0.1, 0.15) is 0 Å². The van der Waals surface area contributed by atoms with E-state index in [1.807, 2.05) is 6.92 Å². The van der Waals surface area contributed by atoms with Gasteiger partial charge in [-0.3, -0.25) is 0 Å². The lowest BCUT2D eigenvalue weighted by Crippen LogP contribution is -2.33. The van der Waals surface area contributed by atoms with Crippen molar-refractivity contribution in [3.05, 3.63) is 22.7 Å². The highest BCUT2D eigenvalue weighted by Gasteiger charge is 2.24. The van der Waals surface area contributed by atoms with Crippen LogP contribution in [0.3, 0.4) is 0 Å². The molecule has 0 bridgehead atoms. The molecular weight excluding hydrogens is 264 g/mol. The Morgan fingerprint density at radius 3 is 2.68 bits per heavy atom. The van der Waals surface area contributed by atoms with Crippen LogP contribution in [-0.2, 0) is 0 Å². The largest absolute Gasteiger partial charge is 0.478 e. The first-order valence-electron chi connectivity index (χ1n) is 6.60. The molecule has 0 radical (unpaired) electrons. The lowest BCUT2D eigenvalue weighted by molar-refractivity contribution is 0.0697. The van der Waals surface area contributed by atoms with Gasteiger partial charge in [-0.2, -0.15) is 0 Å². The van der Waals surface area contributed by atoms with Crippen LogP contribution >= 0.6 is 11.6 Å². The number of hydrogen-bond acceptors (Lipinski definition) is 3. The van der Waals surface area contributed by atoms with Gasteiger partial charge in [0.25, 0.3) is 0 Å². The molecule has 4 nitrogen and oxygen atoms in total. The summed E-state index contributed by atoms with van der Waals surface area (Å²) in [6.07, 6.45) is 3.69. The average Bonchev–Trinajstić information content (AvgIpc) is 2.28. The lowest BCUT2D eigenvalue weighted by Gasteiger charge is -2.34. The normalized spacial score (nSPS) is 15.1. The first-order valence-corrected chi connectivity index (χ1v) is 6.98. The van der Waals surface area contributed by atoms with E-state index < -0.39 is 5.97 Å². The molecule has 0 atom stereocenters. The number of carboxylic acids is 1. The van der Waals surface area contributed by atoms with E-state index in [0.29, 0.717) is 22.3 Å². The number of anilines is 2. The molecule has 19 heavy (non-hydrogen) atoms. The third-order valence-electron chi connectivity index (χ3n) is 3.72. The van der Waals surface area contributed by atoms with E-state index in [1.54, 1.807) is 6.07 Å². The molecule has 1 fully saturated rings. The molecule has 5 heteroatoms. The van der Waals surface area contributed by atoms with Gasteiger partial charge in [0.05, 0.1) is 16.3 Å². The van der Waals surface area contributed by atoms with E-state index in [2.05, 4.69) is 4.90 Å². The van der Waals surface area contributed by atoms with E-state index in [9.17, 15) is 9.90 Å². The second kappa shape index (κ2) is 5.70. The smallest absolute Gasteiger partial charge is 0.337 e. The summed E-state index contributed by atoms with van der Waals surface area (Å²) in [4.78, 5) is 13.4. The summed E-state index contributed by atoms with van der Waals surface area (Å²) in [5, 5.41) is 9.74. The third kappa shape index (κ3) is 2.95. The van der Waals surface area contributed by atoms with Gasteiger partial charge in [0.15, 0.2) is 0 Å². The number of carboxylic acid groups (broad SMARTS) is 1. The summed E-state index contributed by atoms with van der Waals surface area (Å²) in [6, 6.07) is 3.10. The predicted molar refractivity (Wildman–Crippen MR) is 78.1 cm³/mol. The van der Waals surface area contributed by atoms with Crippen molar-refractivity contribution in [3.63, 3.8) is 0 Å². The maximum Gasteiger partial charge on any atom is 0.337 e. The summed E-state index contributed by atoms with van der Waals surface area (Å²) in [5.74, 6) is -0.341. The zero-order chi connectivity index (χ0) is 14.0. The second-order valence-electron chi connectivity index (χ2n) is 5.04. The Labute approximate surface area is 118 Å². The summed E-state index contributed by atoms with van der Waals surface area (Å²) in [6.45, 7) is 3.61. The van der Waals surface area contributed by atoms with E-state index in [4.69, 9.17) is 17.3 Å². The molecule has 3 N–H and O–H groups in total. The minimum Gasteiger partial charge on any atom is -0.478 e. The van der Waals surface area contributed by atoms with E-state index in [-0.39, 0.29) is 5.56 Å². The van der Waals surface area contributed by atoms with Crippen molar-refractivity contribution in [2.24, 2.45) is 5.92 Å². The topological polar surface area (TPSA) is 66.6 Å². The number of rotatable bonds is 5. The van der Waals surface area contributed by atoms with Crippen LogP contribution < -0.4 is 10.6 Å². The molecule has 0 aliphatic heterocycles. The van der Waals surface area contributed by atoms with Crippen molar-refractivity contribution >= 4 is 28.9 Å². The molecule has 2 rings (SSSR count). The number of nitrogens with zero attached hydrogens (tertiary/aromatic N) is 1. The Morgan fingerprint density at radius 1 is 1.53 bits per heavy atom. The van der Waals surface area contributed by atoms with Gasteiger partial charge >= 0.3 is 5.97 Å². The van der Waals surface area contributed by atoms with Gasteiger partial charge in [0, 0.05) is 18.8 Å². The minimum atomic E-state index is -0.990. The lowest BCUT2D eigenvalue weighted by atomic mass is 9.85. The molecule has 0 heterocycles. The van der Waals surface area contributed by atoms with Gasteiger partial charge < -0.3 is 15.7 Å². The fourth-order valence-corrected chi connectivity index (χ4v) is 2.82. The first-order chi connectivity index (χ1) is 9.02. The van der Waals surface area contributed by atoms with Crippen molar-refractivity contribution < 1.29 is 9.90 Å². The average molecular weight is 283 g/mol. The van der Waals surface area contributed by atoms with Crippen molar-refractivity contribution in [3.8, 4) is 0 Å². The number of hydrogen-bond donors (Lipinski definition) is 2. The molecule has 0 saturated heterocycles. The Balaban J connectivity index is 2.36. The first kappa shape index (κ1) is 14.0. The molecule has 0 unspecified atom stereocenters. The van der Waals surface area contributed by atoms with Crippen LogP contribution in [0.4, 0.5) is 11.4 Å². The molecule has 0 amide bonds. The van der Waals surface area contributed by atoms with Crippen molar-refractivity contribution in [1.29, 1.82) is 0 Å². The molecule has 1 aliphatic carbocycles. The number of aromatic carboxylic acids is 1. The van der Waals surface area contributed by atoms with E-state index in [1.165, 1.54) is 25.3 Å². The fraction of sp³-hybridized carbons (Fsp3) is 0.500. The van der Waals surface area contributed by atoms with Crippen LogP contribution in [0.25, 0.3) is 0 Å². The zero-order valence-corrected chi connectivity index (χ0v) is 11.8. The molecule has 1 aromatic rings. The number of nitrogen functional groups attached to an aromatic ring is 1. The van der Waals surface area contributed by atoms with Crippen molar-refractivity contribution in [2.75, 3.05) is 23.7 Å². The molecule has 0 aromatic heterocycles. The molecular formula is C14H19ClN2O2. The van der Waals surface area contributed by atoms with Crippen LogP contribution in [0.5, 0.6) is 0 Å². The van der Waals surface area contributed by atoms with Crippen molar-refractivity contribution in [1.82, 2.24) is 0 Å². The highest BCUT2D eigenvalue weighted by Crippen LogP contribution is 2.35. The third-order valence-corrected chi connectivity index (χ3v) is 4.01. The summed E-state index contributed by atoms with van der Waals surface area (Å²) in [5.41, 5.74) is 6.84. The van der Waals surface area contributed by atoms with Gasteiger partial charge in [-0.05, 0) is 37.8 Å². The Morgan fingerprint density at radius 2 is 2.21 bits per heavy atom. The Hall–Kier alpha value is -1.42. The standard InChI is InChI=1S/C14H19ClN2O2/c1-2-17(8-9-4-3-5-9)13-11(14(18)19)6-10(16)7-12(13)15/h6-7,9H,2-5,8,16H2,1H3,(H,18,19). The van der Waals surface area contributed by atoms with Crippen LogP contribution in [0.1, 0.15) is 36.5 Å². The monoisotopic (exact) mass is 282 g/mol. The quantitative estimate of drug-likeness (QED) is 0.814. The van der Waals surface area contributed by atoms with Gasteiger partial charge in [-0.15, -0.1) is 0 Å². The highest BCUT2D eigenvalue weighted by molar-refractivity contribution is 6.34. The van der Waals surface area contributed by atoms with Crippen LogP contribution in [0.2, 0.25) is 5.02 Å². The van der Waals surface area contributed by atoms with Gasteiger partial charge in [0.2, 0.25) is 0 Å². The SMILES string of the molecule is CCN(CC1CCC1)c1c(Cl)cc(N)cc1C(=O)O. The minimum absolute atomic E-state index is 0.186. The van der Waals surface area contributed by atoms with Gasteiger partial charge in [-0.25, -0.2) is 4.79 Å². The number of carbonyl (C=O) groups is 1. The maximum absolute atomic E-state index is 11.4. The molecule has 0 spiro atoms. The Kier molecular flexibility index (Phi) is 4.20. The second-order valence-corrected chi connectivity index (χ2v) is 5.45. The zero-order valence-electron chi connectivity index (χ0n) is 11.0. The summed E-state index contributed by atoms with van der Waals surface area (Å²) < 4.78 is 0. The number of nitrogens with two attached hydrogens (primary N) is 1. The van der Waals surface area contributed by atoms with Crippen molar-refractivity contribution in [2.45, 2.75) is 26.2 Å². The van der Waals surface area contributed by atoms with E-state index in [0.717, 1.165) is 13.1 Å². The predicted octanol–water partition coefficient (Wildman–Crippen LogP) is 3.25. The number of halogens is 1. The van der Waals surface area contributed by atoms with Crippen LogP contribution in [0, 0.1) is 5.92 Å². The van der Waals surface area contributed by atoms with Gasteiger partial charge in [-0.1, -0.05) is 18.0 Å². The number of benzene rings is 1. The summed E-state index contributed by atoms with van der Waals surface area (Å²) in [7, 11) is 0.